The van der Waals surface area contributed by atoms with Crippen LogP contribution < -0.4 is 10.6 Å². The standard InChI is InChI=1S/C14H20N2O5/c17-11(12-4-2-8-21-12)5-6-15-13(18)14(19)16-9-10-3-1-7-20-10/h2,4,8,10-11,17H,1,3,5-7,9H2,(H,15,18)(H,16,19)/t10-,11-/m1/s1. The van der Waals surface area contributed by atoms with Crippen molar-refractivity contribution < 1.29 is 23.8 Å². The highest BCUT2D eigenvalue weighted by Gasteiger charge is 2.19. The molecule has 3 N–H and O–H groups in total. The first kappa shape index (κ1) is 15.5. The minimum Gasteiger partial charge on any atom is -0.467 e. The summed E-state index contributed by atoms with van der Waals surface area (Å²) in [7, 11) is 0. The van der Waals surface area contributed by atoms with Crippen molar-refractivity contribution in [1.82, 2.24) is 10.6 Å². The van der Waals surface area contributed by atoms with Gasteiger partial charge < -0.3 is 24.9 Å². The van der Waals surface area contributed by atoms with Gasteiger partial charge in [-0.1, -0.05) is 0 Å². The van der Waals surface area contributed by atoms with Crippen LogP contribution in [0, 0.1) is 0 Å². The molecule has 1 aromatic heterocycles. The summed E-state index contributed by atoms with van der Waals surface area (Å²) in [5.74, 6) is -0.954. The normalized spacial score (nSPS) is 19.2. The van der Waals surface area contributed by atoms with Gasteiger partial charge in [0.05, 0.1) is 12.4 Å². The van der Waals surface area contributed by atoms with Crippen molar-refractivity contribution in [2.45, 2.75) is 31.5 Å². The molecule has 0 spiro atoms. The maximum absolute atomic E-state index is 11.5. The van der Waals surface area contributed by atoms with Gasteiger partial charge >= 0.3 is 11.8 Å². The summed E-state index contributed by atoms with van der Waals surface area (Å²) < 4.78 is 10.4. The van der Waals surface area contributed by atoms with Crippen molar-refractivity contribution in [1.29, 1.82) is 0 Å². The summed E-state index contributed by atoms with van der Waals surface area (Å²) in [4.78, 5) is 23.1. The van der Waals surface area contributed by atoms with Crippen LogP contribution in [-0.4, -0.2) is 42.7 Å². The van der Waals surface area contributed by atoms with E-state index in [0.29, 0.717) is 18.9 Å². The maximum Gasteiger partial charge on any atom is 0.309 e. The van der Waals surface area contributed by atoms with Crippen LogP contribution in [0.15, 0.2) is 22.8 Å². The number of nitrogens with one attached hydrogen (secondary N) is 2. The molecule has 0 aromatic carbocycles. The average Bonchev–Trinajstić information content (AvgIpc) is 3.17. The van der Waals surface area contributed by atoms with E-state index < -0.39 is 17.9 Å². The third-order valence-electron chi connectivity index (χ3n) is 3.30. The van der Waals surface area contributed by atoms with E-state index in [1.54, 1.807) is 12.1 Å². The zero-order valence-corrected chi connectivity index (χ0v) is 11.7. The molecule has 0 saturated carbocycles. The second kappa shape index (κ2) is 7.80. The van der Waals surface area contributed by atoms with Crippen molar-refractivity contribution in [2.24, 2.45) is 0 Å². The van der Waals surface area contributed by atoms with Crippen LogP contribution in [0.2, 0.25) is 0 Å². The Morgan fingerprint density at radius 2 is 2.19 bits per heavy atom. The number of rotatable bonds is 6. The highest BCUT2D eigenvalue weighted by atomic mass is 16.5. The van der Waals surface area contributed by atoms with Gasteiger partial charge in [0, 0.05) is 19.7 Å². The van der Waals surface area contributed by atoms with Crippen LogP contribution in [0.4, 0.5) is 0 Å². The lowest BCUT2D eigenvalue weighted by molar-refractivity contribution is -0.139. The number of carbonyl (C=O) groups excluding carboxylic acids is 2. The first-order valence-corrected chi connectivity index (χ1v) is 7.06. The van der Waals surface area contributed by atoms with Gasteiger partial charge in [-0.3, -0.25) is 9.59 Å². The smallest absolute Gasteiger partial charge is 0.309 e. The molecule has 0 radical (unpaired) electrons. The predicted octanol–water partition coefficient (Wildman–Crippen LogP) is 0.114. The molecule has 0 bridgehead atoms. The fourth-order valence-corrected chi connectivity index (χ4v) is 2.12. The summed E-state index contributed by atoms with van der Waals surface area (Å²) in [6, 6.07) is 3.33. The fourth-order valence-electron chi connectivity index (χ4n) is 2.12. The van der Waals surface area contributed by atoms with Gasteiger partial charge in [0.2, 0.25) is 0 Å². The average molecular weight is 296 g/mol. The molecule has 21 heavy (non-hydrogen) atoms. The minimum absolute atomic E-state index is 0.00234. The Kier molecular flexibility index (Phi) is 5.77. The van der Waals surface area contributed by atoms with Crippen molar-refractivity contribution in [3.8, 4) is 0 Å². The molecular formula is C14H20N2O5. The highest BCUT2D eigenvalue weighted by molar-refractivity contribution is 6.35. The molecule has 1 fully saturated rings. The number of hydrogen-bond acceptors (Lipinski definition) is 5. The maximum atomic E-state index is 11.5. The van der Waals surface area contributed by atoms with E-state index in [2.05, 4.69) is 10.6 Å². The summed E-state index contributed by atoms with van der Waals surface area (Å²) in [5, 5.41) is 14.7. The van der Waals surface area contributed by atoms with Crippen LogP contribution in [-0.2, 0) is 14.3 Å². The SMILES string of the molecule is O=C(NCC[C@@H](O)c1ccco1)C(=O)NC[C@H]1CCCO1. The number of ether oxygens (including phenoxy) is 1. The summed E-state index contributed by atoms with van der Waals surface area (Å²) >= 11 is 0. The molecule has 1 saturated heterocycles. The largest absolute Gasteiger partial charge is 0.467 e. The molecule has 0 aliphatic carbocycles. The number of aliphatic hydroxyl groups is 1. The van der Waals surface area contributed by atoms with Crippen molar-refractivity contribution >= 4 is 11.8 Å². The van der Waals surface area contributed by atoms with Gasteiger partial charge in [-0.15, -0.1) is 0 Å². The lowest BCUT2D eigenvalue weighted by Crippen LogP contribution is -2.43. The Morgan fingerprint density at radius 1 is 1.38 bits per heavy atom. The van der Waals surface area contributed by atoms with Gasteiger partial charge in [-0.2, -0.15) is 0 Å². The van der Waals surface area contributed by atoms with E-state index >= 15 is 0 Å². The number of furan rings is 1. The summed E-state index contributed by atoms with van der Waals surface area (Å²) in [5.41, 5.74) is 0. The van der Waals surface area contributed by atoms with Gasteiger partial charge in [0.1, 0.15) is 11.9 Å². The molecule has 2 rings (SSSR count). The van der Waals surface area contributed by atoms with E-state index in [0.717, 1.165) is 12.8 Å². The van der Waals surface area contributed by atoms with Crippen LogP contribution in [0.3, 0.4) is 0 Å². The Labute approximate surface area is 122 Å². The topological polar surface area (TPSA) is 101 Å². The molecule has 116 valence electrons. The van der Waals surface area contributed by atoms with E-state index in [9.17, 15) is 14.7 Å². The zero-order chi connectivity index (χ0) is 15.1. The molecule has 2 amide bonds. The quantitative estimate of drug-likeness (QED) is 0.647. The second-order valence-corrected chi connectivity index (χ2v) is 4.92. The van der Waals surface area contributed by atoms with Gasteiger partial charge in [0.25, 0.3) is 0 Å². The molecule has 1 aliphatic heterocycles. The first-order valence-electron chi connectivity index (χ1n) is 7.06. The Balaban J connectivity index is 1.60. The van der Waals surface area contributed by atoms with Gasteiger partial charge in [-0.25, -0.2) is 0 Å². The van der Waals surface area contributed by atoms with Gasteiger partial charge in [0.15, 0.2) is 0 Å². The Morgan fingerprint density at radius 3 is 2.86 bits per heavy atom. The van der Waals surface area contributed by atoms with E-state index in [1.807, 2.05) is 0 Å². The van der Waals surface area contributed by atoms with Gasteiger partial charge in [-0.05, 0) is 31.4 Å². The second-order valence-electron chi connectivity index (χ2n) is 4.92. The van der Waals surface area contributed by atoms with E-state index in [-0.39, 0.29) is 19.1 Å². The highest BCUT2D eigenvalue weighted by Crippen LogP contribution is 2.15. The van der Waals surface area contributed by atoms with Crippen molar-refractivity contribution in [3.63, 3.8) is 0 Å². The molecule has 1 aromatic rings. The third-order valence-corrected chi connectivity index (χ3v) is 3.30. The van der Waals surface area contributed by atoms with Crippen LogP contribution in [0.1, 0.15) is 31.1 Å². The lowest BCUT2D eigenvalue weighted by atomic mass is 10.2. The number of carbonyl (C=O) groups is 2. The number of aliphatic hydroxyl groups excluding tert-OH is 1. The van der Waals surface area contributed by atoms with E-state index in [1.165, 1.54) is 6.26 Å². The Bertz CT molecular complexity index is 454. The van der Waals surface area contributed by atoms with Crippen molar-refractivity contribution in [2.75, 3.05) is 19.7 Å². The van der Waals surface area contributed by atoms with Crippen LogP contribution in [0.5, 0.6) is 0 Å². The van der Waals surface area contributed by atoms with Crippen LogP contribution >= 0.6 is 0 Å². The predicted molar refractivity (Wildman–Crippen MR) is 73.3 cm³/mol. The molecular weight excluding hydrogens is 276 g/mol. The summed E-state index contributed by atoms with van der Waals surface area (Å²) in [6.45, 7) is 1.24. The zero-order valence-electron chi connectivity index (χ0n) is 11.7. The Hall–Kier alpha value is -1.86. The number of hydrogen-bond donors (Lipinski definition) is 3. The van der Waals surface area contributed by atoms with Crippen LogP contribution in [0.25, 0.3) is 0 Å². The molecule has 2 atom stereocenters. The molecule has 1 aliphatic rings. The number of amides is 2. The van der Waals surface area contributed by atoms with Crippen molar-refractivity contribution in [3.05, 3.63) is 24.2 Å². The first-order chi connectivity index (χ1) is 10.2. The summed E-state index contributed by atoms with van der Waals surface area (Å²) in [6.07, 6.45) is 2.83. The monoisotopic (exact) mass is 296 g/mol. The van der Waals surface area contributed by atoms with E-state index in [4.69, 9.17) is 9.15 Å². The third kappa shape index (κ3) is 4.87. The molecule has 7 nitrogen and oxygen atoms in total. The molecule has 2 heterocycles. The minimum atomic E-state index is -0.796. The fraction of sp³-hybridized carbons (Fsp3) is 0.571. The molecule has 0 unspecified atom stereocenters. The lowest BCUT2D eigenvalue weighted by Gasteiger charge is -2.11. The molecule has 7 heteroatoms.